The zero-order valence-electron chi connectivity index (χ0n) is 13.6. The first-order chi connectivity index (χ1) is 11.7. The van der Waals surface area contributed by atoms with E-state index in [1.54, 1.807) is 28.6 Å². The van der Waals surface area contributed by atoms with Crippen molar-refractivity contribution in [2.24, 2.45) is 0 Å². The van der Waals surface area contributed by atoms with Gasteiger partial charge in [0.2, 0.25) is 5.91 Å². The molecule has 3 rings (SSSR count). The maximum absolute atomic E-state index is 12.4. The summed E-state index contributed by atoms with van der Waals surface area (Å²) in [6.45, 7) is 0.693. The molecule has 5 heteroatoms. The fourth-order valence-electron chi connectivity index (χ4n) is 2.36. The molecule has 24 heavy (non-hydrogen) atoms. The van der Waals surface area contributed by atoms with Crippen molar-refractivity contribution < 1.29 is 4.79 Å². The first-order valence-corrected chi connectivity index (χ1v) is 8.73. The first-order valence-electron chi connectivity index (χ1n) is 7.85. The predicted octanol–water partition coefficient (Wildman–Crippen LogP) is 3.45. The number of likely N-dealkylation sites (N-methyl/N-ethyl adjacent to an activating group) is 1. The van der Waals surface area contributed by atoms with Crippen molar-refractivity contribution in [3.63, 3.8) is 0 Å². The Morgan fingerprint density at radius 3 is 2.62 bits per heavy atom. The van der Waals surface area contributed by atoms with Gasteiger partial charge in [-0.1, -0.05) is 30.3 Å². The molecule has 0 saturated carbocycles. The van der Waals surface area contributed by atoms with Gasteiger partial charge in [0.1, 0.15) is 5.01 Å². The van der Waals surface area contributed by atoms with Crippen LogP contribution < -0.4 is 0 Å². The summed E-state index contributed by atoms with van der Waals surface area (Å²) in [4.78, 5) is 22.7. The van der Waals surface area contributed by atoms with Crippen molar-refractivity contribution in [1.82, 2.24) is 14.9 Å². The van der Waals surface area contributed by atoms with E-state index in [0.29, 0.717) is 13.0 Å². The van der Waals surface area contributed by atoms with E-state index in [1.165, 1.54) is 5.56 Å². The molecule has 0 aliphatic carbocycles. The molecule has 0 aliphatic rings. The Kier molecular flexibility index (Phi) is 5.33. The molecule has 0 saturated heterocycles. The van der Waals surface area contributed by atoms with Crippen LogP contribution in [0.5, 0.6) is 0 Å². The van der Waals surface area contributed by atoms with Crippen molar-refractivity contribution in [2.75, 3.05) is 13.6 Å². The van der Waals surface area contributed by atoms with Crippen molar-refractivity contribution in [2.45, 2.75) is 12.8 Å². The van der Waals surface area contributed by atoms with Gasteiger partial charge in [-0.15, -0.1) is 11.3 Å². The van der Waals surface area contributed by atoms with E-state index in [-0.39, 0.29) is 5.91 Å². The Balaban J connectivity index is 1.55. The summed E-state index contributed by atoms with van der Waals surface area (Å²) >= 11 is 1.58. The van der Waals surface area contributed by atoms with Crippen LogP contribution in [-0.2, 0) is 17.6 Å². The molecular weight excluding hydrogens is 318 g/mol. The average molecular weight is 337 g/mol. The van der Waals surface area contributed by atoms with Gasteiger partial charge in [0, 0.05) is 36.9 Å². The van der Waals surface area contributed by atoms with Gasteiger partial charge >= 0.3 is 0 Å². The monoisotopic (exact) mass is 337 g/mol. The minimum Gasteiger partial charge on any atom is -0.345 e. The smallest absolute Gasteiger partial charge is 0.228 e. The van der Waals surface area contributed by atoms with Crippen LogP contribution in [0.2, 0.25) is 0 Å². The number of pyridine rings is 1. The number of nitrogens with zero attached hydrogens (tertiary/aromatic N) is 3. The molecule has 3 aromatic rings. The second-order valence-electron chi connectivity index (χ2n) is 5.61. The summed E-state index contributed by atoms with van der Waals surface area (Å²) in [6.07, 6.45) is 4.72. The molecule has 2 heterocycles. The van der Waals surface area contributed by atoms with Crippen LogP contribution in [0.3, 0.4) is 0 Å². The average Bonchev–Trinajstić information content (AvgIpc) is 3.10. The van der Waals surface area contributed by atoms with Gasteiger partial charge in [-0.05, 0) is 24.1 Å². The topological polar surface area (TPSA) is 46.1 Å². The number of hydrogen-bond acceptors (Lipinski definition) is 4. The molecule has 0 aliphatic heterocycles. The van der Waals surface area contributed by atoms with E-state index in [0.717, 1.165) is 22.7 Å². The summed E-state index contributed by atoms with van der Waals surface area (Å²) < 4.78 is 0. The highest BCUT2D eigenvalue weighted by atomic mass is 32.1. The van der Waals surface area contributed by atoms with E-state index in [2.05, 4.69) is 9.97 Å². The third kappa shape index (κ3) is 4.26. The number of aromatic nitrogens is 2. The summed E-state index contributed by atoms with van der Waals surface area (Å²) in [5, 5.41) is 2.93. The molecule has 1 amide bonds. The molecule has 2 aromatic heterocycles. The number of rotatable bonds is 6. The lowest BCUT2D eigenvalue weighted by molar-refractivity contribution is -0.129. The third-order valence-corrected chi connectivity index (χ3v) is 4.76. The quantitative estimate of drug-likeness (QED) is 0.692. The van der Waals surface area contributed by atoms with Crippen LogP contribution >= 0.6 is 11.3 Å². The maximum atomic E-state index is 12.4. The van der Waals surface area contributed by atoms with Gasteiger partial charge in [0.05, 0.1) is 12.1 Å². The number of thiazole rings is 1. The van der Waals surface area contributed by atoms with Crippen LogP contribution in [0.4, 0.5) is 0 Å². The van der Waals surface area contributed by atoms with Crippen LogP contribution in [0.25, 0.3) is 10.6 Å². The number of carbonyl (C=O) groups excluding carboxylic acids is 1. The summed E-state index contributed by atoms with van der Waals surface area (Å²) in [5.41, 5.74) is 3.11. The van der Waals surface area contributed by atoms with Gasteiger partial charge < -0.3 is 4.90 Å². The fourth-order valence-corrected chi connectivity index (χ4v) is 3.19. The molecule has 0 spiro atoms. The minimum absolute atomic E-state index is 0.0916. The van der Waals surface area contributed by atoms with E-state index in [1.807, 2.05) is 54.9 Å². The van der Waals surface area contributed by atoms with Crippen LogP contribution in [-0.4, -0.2) is 34.4 Å². The molecular formula is C19H19N3OS. The zero-order chi connectivity index (χ0) is 16.8. The van der Waals surface area contributed by atoms with Crippen molar-refractivity contribution in [3.05, 3.63) is 71.5 Å². The fraction of sp³-hybridized carbons (Fsp3) is 0.211. The largest absolute Gasteiger partial charge is 0.345 e. The molecule has 0 unspecified atom stereocenters. The number of hydrogen-bond donors (Lipinski definition) is 0. The van der Waals surface area contributed by atoms with Gasteiger partial charge in [-0.3, -0.25) is 9.78 Å². The minimum atomic E-state index is 0.0916. The third-order valence-electron chi connectivity index (χ3n) is 3.82. The molecule has 122 valence electrons. The van der Waals surface area contributed by atoms with Crippen molar-refractivity contribution in [3.8, 4) is 10.6 Å². The summed E-state index contributed by atoms with van der Waals surface area (Å²) in [5.74, 6) is 0.0916. The Labute approximate surface area is 145 Å². The Morgan fingerprint density at radius 2 is 1.88 bits per heavy atom. The molecule has 0 bridgehead atoms. The SMILES string of the molecule is CN(CCc1ccncc1)C(=O)Cc1csc(-c2ccccc2)n1. The molecule has 4 nitrogen and oxygen atoms in total. The molecule has 1 aromatic carbocycles. The zero-order valence-corrected chi connectivity index (χ0v) is 14.4. The highest BCUT2D eigenvalue weighted by Crippen LogP contribution is 2.23. The van der Waals surface area contributed by atoms with Gasteiger partial charge in [0.15, 0.2) is 0 Å². The number of benzene rings is 1. The molecule has 0 atom stereocenters. The van der Waals surface area contributed by atoms with E-state index >= 15 is 0 Å². The van der Waals surface area contributed by atoms with E-state index < -0.39 is 0 Å². The Bertz CT molecular complexity index is 787. The lowest BCUT2D eigenvalue weighted by Crippen LogP contribution is -2.30. The Hall–Kier alpha value is -2.53. The summed E-state index contributed by atoms with van der Waals surface area (Å²) in [7, 11) is 1.84. The first kappa shape index (κ1) is 16.3. The van der Waals surface area contributed by atoms with Gasteiger partial charge in [0.25, 0.3) is 0 Å². The summed E-state index contributed by atoms with van der Waals surface area (Å²) in [6, 6.07) is 14.0. The van der Waals surface area contributed by atoms with Gasteiger partial charge in [-0.25, -0.2) is 4.98 Å². The van der Waals surface area contributed by atoms with Crippen molar-refractivity contribution in [1.29, 1.82) is 0 Å². The molecule has 0 radical (unpaired) electrons. The second kappa shape index (κ2) is 7.84. The molecule has 0 N–H and O–H groups in total. The predicted molar refractivity (Wildman–Crippen MR) is 96.8 cm³/mol. The Morgan fingerprint density at radius 1 is 1.12 bits per heavy atom. The highest BCUT2D eigenvalue weighted by molar-refractivity contribution is 7.13. The van der Waals surface area contributed by atoms with Crippen LogP contribution in [0, 0.1) is 0 Å². The standard InChI is InChI=1S/C19H19N3OS/c1-22(12-9-15-7-10-20-11-8-15)18(23)13-17-14-24-19(21-17)16-5-3-2-4-6-16/h2-8,10-11,14H,9,12-13H2,1H3. The molecule has 0 fully saturated rings. The van der Waals surface area contributed by atoms with E-state index in [9.17, 15) is 4.79 Å². The number of carbonyl (C=O) groups is 1. The highest BCUT2D eigenvalue weighted by Gasteiger charge is 2.12. The van der Waals surface area contributed by atoms with E-state index in [4.69, 9.17) is 0 Å². The lowest BCUT2D eigenvalue weighted by atomic mass is 10.2. The van der Waals surface area contributed by atoms with Crippen LogP contribution in [0.15, 0.2) is 60.2 Å². The van der Waals surface area contributed by atoms with Crippen molar-refractivity contribution >= 4 is 17.2 Å². The lowest BCUT2D eigenvalue weighted by Gasteiger charge is -2.16. The normalized spacial score (nSPS) is 10.5. The van der Waals surface area contributed by atoms with Crippen LogP contribution in [0.1, 0.15) is 11.3 Å². The maximum Gasteiger partial charge on any atom is 0.228 e. The number of amides is 1. The van der Waals surface area contributed by atoms with Gasteiger partial charge in [-0.2, -0.15) is 0 Å². The second-order valence-corrected chi connectivity index (χ2v) is 6.47.